The van der Waals surface area contributed by atoms with Crippen molar-refractivity contribution in [1.29, 1.82) is 0 Å². The maximum absolute atomic E-state index is 6.44. The first-order valence-corrected chi connectivity index (χ1v) is 8.81. The van der Waals surface area contributed by atoms with Gasteiger partial charge in [-0.1, -0.05) is 43.0 Å². The molecule has 0 amide bonds. The molecule has 0 spiro atoms. The zero-order valence-electron chi connectivity index (χ0n) is 13.1. The van der Waals surface area contributed by atoms with E-state index in [2.05, 4.69) is 35.3 Å². The lowest BCUT2D eigenvalue weighted by atomic mass is 9.82. The van der Waals surface area contributed by atoms with Gasteiger partial charge in [0.15, 0.2) is 0 Å². The summed E-state index contributed by atoms with van der Waals surface area (Å²) < 4.78 is 0. The molecular weight excluding hydrogens is 280 g/mol. The molecule has 1 saturated heterocycles. The van der Waals surface area contributed by atoms with Gasteiger partial charge in [-0.05, 0) is 42.9 Å². The number of piperazine rings is 1. The molecular formula is C18H27ClN2. The molecule has 1 N–H and O–H groups in total. The van der Waals surface area contributed by atoms with Crippen molar-refractivity contribution in [3.05, 3.63) is 34.3 Å². The Morgan fingerprint density at radius 3 is 2.81 bits per heavy atom. The average molecular weight is 307 g/mol. The maximum Gasteiger partial charge on any atom is 0.0453 e. The zero-order valence-corrected chi connectivity index (χ0v) is 13.8. The van der Waals surface area contributed by atoms with Crippen molar-refractivity contribution in [2.45, 2.75) is 51.6 Å². The van der Waals surface area contributed by atoms with E-state index >= 15 is 0 Å². The number of hydrogen-bond donors (Lipinski definition) is 1. The molecule has 1 saturated carbocycles. The van der Waals surface area contributed by atoms with Crippen LogP contribution in [-0.2, 0) is 6.54 Å². The fourth-order valence-electron chi connectivity index (χ4n) is 3.95. The van der Waals surface area contributed by atoms with Gasteiger partial charge in [0.25, 0.3) is 0 Å². The maximum atomic E-state index is 6.44. The summed E-state index contributed by atoms with van der Waals surface area (Å²) in [6, 6.07) is 7.17. The predicted molar refractivity (Wildman–Crippen MR) is 89.8 cm³/mol. The molecule has 1 heterocycles. The highest BCUT2D eigenvalue weighted by atomic mass is 35.5. The summed E-state index contributed by atoms with van der Waals surface area (Å²) >= 11 is 6.44. The fourth-order valence-corrected chi connectivity index (χ4v) is 4.24. The fraction of sp³-hybridized carbons (Fsp3) is 0.667. The molecule has 0 aromatic heterocycles. The Hall–Kier alpha value is -0.570. The summed E-state index contributed by atoms with van der Waals surface area (Å²) in [5.74, 6) is 0.871. The van der Waals surface area contributed by atoms with Crippen LogP contribution in [0, 0.1) is 12.8 Å². The third-order valence-corrected chi connectivity index (χ3v) is 5.53. The molecule has 1 aromatic carbocycles. The second kappa shape index (κ2) is 7.13. The lowest BCUT2D eigenvalue weighted by Crippen LogP contribution is -2.54. The lowest BCUT2D eigenvalue weighted by Gasteiger charge is -2.42. The lowest BCUT2D eigenvalue weighted by molar-refractivity contribution is 0.0860. The van der Waals surface area contributed by atoms with E-state index in [1.807, 2.05) is 0 Å². The van der Waals surface area contributed by atoms with Crippen molar-refractivity contribution >= 4 is 11.6 Å². The van der Waals surface area contributed by atoms with Crippen LogP contribution in [0.4, 0.5) is 0 Å². The molecule has 1 aromatic rings. The van der Waals surface area contributed by atoms with Gasteiger partial charge in [-0.25, -0.2) is 0 Å². The highest BCUT2D eigenvalue weighted by molar-refractivity contribution is 6.31. The van der Waals surface area contributed by atoms with Crippen LogP contribution in [0.2, 0.25) is 5.02 Å². The van der Waals surface area contributed by atoms with Crippen LogP contribution >= 0.6 is 11.6 Å². The van der Waals surface area contributed by atoms with Crippen molar-refractivity contribution in [1.82, 2.24) is 10.2 Å². The van der Waals surface area contributed by atoms with Crippen LogP contribution in [-0.4, -0.2) is 30.6 Å². The van der Waals surface area contributed by atoms with E-state index in [4.69, 9.17) is 11.6 Å². The number of nitrogens with one attached hydrogen (secondary N) is 1. The smallest absolute Gasteiger partial charge is 0.0453 e. The van der Waals surface area contributed by atoms with E-state index in [0.717, 1.165) is 37.1 Å². The average Bonchev–Trinajstić information content (AvgIpc) is 2.51. The molecule has 2 nitrogen and oxygen atoms in total. The molecule has 116 valence electrons. The topological polar surface area (TPSA) is 15.3 Å². The Labute approximate surface area is 133 Å². The van der Waals surface area contributed by atoms with E-state index < -0.39 is 0 Å². The van der Waals surface area contributed by atoms with Crippen molar-refractivity contribution < 1.29 is 0 Å². The van der Waals surface area contributed by atoms with E-state index in [9.17, 15) is 0 Å². The first-order valence-electron chi connectivity index (χ1n) is 8.44. The van der Waals surface area contributed by atoms with Gasteiger partial charge in [-0.3, -0.25) is 4.90 Å². The Morgan fingerprint density at radius 2 is 2.05 bits per heavy atom. The predicted octanol–water partition coefficient (Wildman–Crippen LogP) is 4.00. The summed E-state index contributed by atoms with van der Waals surface area (Å²) in [6.07, 6.45) is 7.08. The number of benzene rings is 1. The molecule has 2 fully saturated rings. The molecule has 21 heavy (non-hydrogen) atoms. The quantitative estimate of drug-likeness (QED) is 0.908. The molecule has 2 aliphatic rings. The van der Waals surface area contributed by atoms with Gasteiger partial charge >= 0.3 is 0 Å². The summed E-state index contributed by atoms with van der Waals surface area (Å²) in [7, 11) is 0. The summed E-state index contributed by atoms with van der Waals surface area (Å²) in [4.78, 5) is 2.67. The Bertz CT molecular complexity index is 468. The minimum absolute atomic E-state index is 0.691. The Kier molecular flexibility index (Phi) is 5.20. The first-order chi connectivity index (χ1) is 10.2. The zero-order chi connectivity index (χ0) is 14.7. The SMILES string of the molecule is Cc1ccc(CN2CCNCC2C2CCCCC2)c(Cl)c1. The molecule has 3 heteroatoms. The van der Waals surface area contributed by atoms with Crippen LogP contribution < -0.4 is 5.32 Å². The third kappa shape index (κ3) is 3.80. The second-order valence-corrected chi connectivity index (χ2v) is 7.14. The Morgan fingerprint density at radius 1 is 1.24 bits per heavy atom. The summed E-state index contributed by atoms with van der Waals surface area (Å²) in [5.41, 5.74) is 2.53. The van der Waals surface area contributed by atoms with E-state index in [0.29, 0.717) is 6.04 Å². The van der Waals surface area contributed by atoms with Gasteiger partial charge in [0.05, 0.1) is 0 Å². The van der Waals surface area contributed by atoms with Gasteiger partial charge in [0, 0.05) is 37.2 Å². The van der Waals surface area contributed by atoms with Gasteiger partial charge in [-0.2, -0.15) is 0 Å². The highest BCUT2D eigenvalue weighted by Gasteiger charge is 2.30. The van der Waals surface area contributed by atoms with Crippen molar-refractivity contribution in [2.75, 3.05) is 19.6 Å². The van der Waals surface area contributed by atoms with Gasteiger partial charge in [0.1, 0.15) is 0 Å². The van der Waals surface area contributed by atoms with Crippen LogP contribution in [0.25, 0.3) is 0 Å². The molecule has 1 unspecified atom stereocenters. The second-order valence-electron chi connectivity index (χ2n) is 6.73. The molecule has 1 aliphatic heterocycles. The van der Waals surface area contributed by atoms with Gasteiger partial charge in [0.2, 0.25) is 0 Å². The molecule has 3 rings (SSSR count). The normalized spacial score (nSPS) is 25.1. The van der Waals surface area contributed by atoms with Crippen LogP contribution in [0.5, 0.6) is 0 Å². The first kappa shape index (κ1) is 15.3. The van der Waals surface area contributed by atoms with E-state index in [1.165, 1.54) is 43.2 Å². The van der Waals surface area contributed by atoms with E-state index in [-0.39, 0.29) is 0 Å². The summed E-state index contributed by atoms with van der Waals surface area (Å²) in [5, 5.41) is 4.52. The molecule has 1 atom stereocenters. The third-order valence-electron chi connectivity index (χ3n) is 5.17. The minimum atomic E-state index is 0.691. The number of nitrogens with zero attached hydrogens (tertiary/aromatic N) is 1. The molecule has 1 aliphatic carbocycles. The van der Waals surface area contributed by atoms with Crippen LogP contribution in [0.15, 0.2) is 18.2 Å². The number of hydrogen-bond acceptors (Lipinski definition) is 2. The molecule has 0 radical (unpaired) electrons. The van der Waals surface area contributed by atoms with Crippen LogP contribution in [0.1, 0.15) is 43.2 Å². The Balaban J connectivity index is 1.71. The van der Waals surface area contributed by atoms with E-state index in [1.54, 1.807) is 0 Å². The number of aryl methyl sites for hydroxylation is 1. The largest absolute Gasteiger partial charge is 0.314 e. The molecule has 0 bridgehead atoms. The van der Waals surface area contributed by atoms with Crippen molar-refractivity contribution in [3.8, 4) is 0 Å². The van der Waals surface area contributed by atoms with Crippen LogP contribution in [0.3, 0.4) is 0 Å². The highest BCUT2D eigenvalue weighted by Crippen LogP contribution is 2.31. The monoisotopic (exact) mass is 306 g/mol. The van der Waals surface area contributed by atoms with Crippen molar-refractivity contribution in [3.63, 3.8) is 0 Å². The minimum Gasteiger partial charge on any atom is -0.314 e. The van der Waals surface area contributed by atoms with Gasteiger partial charge in [-0.15, -0.1) is 0 Å². The van der Waals surface area contributed by atoms with Gasteiger partial charge < -0.3 is 5.32 Å². The standard InChI is InChI=1S/C18H27ClN2/c1-14-7-8-16(17(19)11-14)13-21-10-9-20-12-18(21)15-5-3-2-4-6-15/h7-8,11,15,18,20H,2-6,9-10,12-13H2,1H3. The number of halogens is 1. The summed E-state index contributed by atoms with van der Waals surface area (Å²) in [6.45, 7) is 6.50. The number of rotatable bonds is 3. The van der Waals surface area contributed by atoms with Crippen molar-refractivity contribution in [2.24, 2.45) is 5.92 Å².